The number of para-hydroxylation sites is 1. The third-order valence-corrected chi connectivity index (χ3v) is 4.78. The van der Waals surface area contributed by atoms with Gasteiger partial charge in [-0.15, -0.1) is 0 Å². The van der Waals surface area contributed by atoms with Gasteiger partial charge in [0.05, 0.1) is 6.10 Å². The number of likely N-dealkylation sites (N-methyl/N-ethyl adjacent to an activating group) is 2. The molecule has 2 heterocycles. The van der Waals surface area contributed by atoms with Crippen molar-refractivity contribution < 1.29 is 4.74 Å². The van der Waals surface area contributed by atoms with Crippen LogP contribution in [0.4, 0.5) is 0 Å². The van der Waals surface area contributed by atoms with Crippen molar-refractivity contribution in [2.45, 2.75) is 25.1 Å². The minimum atomic E-state index is 0.00472. The number of methoxy groups -OCH3 is 1. The smallest absolute Gasteiger partial charge is 0.252 e. The van der Waals surface area contributed by atoms with Crippen LogP contribution < -0.4 is 5.56 Å². The van der Waals surface area contributed by atoms with Crippen molar-refractivity contribution in [3.05, 3.63) is 46.2 Å². The second kappa shape index (κ2) is 6.83. The fraction of sp³-hybridized carbons (Fsp3) is 0.500. The molecule has 5 nitrogen and oxygen atoms in total. The third kappa shape index (κ3) is 3.63. The molecule has 23 heavy (non-hydrogen) atoms. The molecule has 2 aromatic rings. The summed E-state index contributed by atoms with van der Waals surface area (Å²) in [4.78, 5) is 19.8. The molecule has 1 aromatic heterocycles. The van der Waals surface area contributed by atoms with Gasteiger partial charge in [-0.3, -0.25) is 9.69 Å². The van der Waals surface area contributed by atoms with Crippen LogP contribution in [0.25, 0.3) is 10.9 Å². The number of pyridine rings is 1. The Kier molecular flexibility index (Phi) is 4.80. The highest BCUT2D eigenvalue weighted by Gasteiger charge is 2.30. The molecule has 0 saturated carbocycles. The van der Waals surface area contributed by atoms with Crippen LogP contribution in [0.5, 0.6) is 0 Å². The summed E-state index contributed by atoms with van der Waals surface area (Å²) in [7, 11) is 5.99. The molecule has 2 atom stereocenters. The van der Waals surface area contributed by atoms with E-state index in [9.17, 15) is 4.79 Å². The van der Waals surface area contributed by atoms with Crippen LogP contribution in [0.1, 0.15) is 12.0 Å². The number of likely N-dealkylation sites (tertiary alicyclic amines) is 1. The second-order valence-corrected chi connectivity index (χ2v) is 6.59. The van der Waals surface area contributed by atoms with Gasteiger partial charge in [0, 0.05) is 43.9 Å². The van der Waals surface area contributed by atoms with Crippen LogP contribution >= 0.6 is 0 Å². The zero-order chi connectivity index (χ0) is 16.4. The fourth-order valence-corrected chi connectivity index (χ4v) is 3.44. The van der Waals surface area contributed by atoms with Crippen LogP contribution in [-0.2, 0) is 11.3 Å². The molecule has 0 radical (unpaired) electrons. The topological polar surface area (TPSA) is 48.6 Å². The molecule has 124 valence electrons. The molecule has 1 N–H and O–H groups in total. The predicted octanol–water partition coefficient (Wildman–Crippen LogP) is 1.68. The van der Waals surface area contributed by atoms with Crippen molar-refractivity contribution in [3.8, 4) is 0 Å². The normalized spacial score (nSPS) is 22.3. The monoisotopic (exact) mass is 315 g/mol. The molecule has 1 fully saturated rings. The fourth-order valence-electron chi connectivity index (χ4n) is 3.44. The number of nitrogens with zero attached hydrogens (tertiary/aromatic N) is 2. The van der Waals surface area contributed by atoms with Crippen LogP contribution in [0.2, 0.25) is 0 Å². The van der Waals surface area contributed by atoms with Gasteiger partial charge in [-0.25, -0.2) is 0 Å². The maximum Gasteiger partial charge on any atom is 0.252 e. The summed E-state index contributed by atoms with van der Waals surface area (Å²) in [5.74, 6) is 0. The number of rotatable bonds is 5. The number of nitrogens with one attached hydrogen (secondary N) is 1. The van der Waals surface area contributed by atoms with Crippen LogP contribution in [0.3, 0.4) is 0 Å². The molecular weight excluding hydrogens is 290 g/mol. The van der Waals surface area contributed by atoms with Crippen molar-refractivity contribution >= 4 is 10.9 Å². The number of hydrogen-bond acceptors (Lipinski definition) is 4. The molecular formula is C18H25N3O2. The first kappa shape index (κ1) is 16.2. The highest BCUT2D eigenvalue weighted by Crippen LogP contribution is 2.19. The maximum absolute atomic E-state index is 12.3. The summed E-state index contributed by atoms with van der Waals surface area (Å²) in [5.41, 5.74) is 1.71. The van der Waals surface area contributed by atoms with E-state index in [4.69, 9.17) is 4.74 Å². The Morgan fingerprint density at radius 2 is 2.17 bits per heavy atom. The number of aromatic nitrogens is 1. The molecule has 1 saturated heterocycles. The quantitative estimate of drug-likeness (QED) is 0.912. The highest BCUT2D eigenvalue weighted by molar-refractivity contribution is 5.78. The minimum Gasteiger partial charge on any atom is -0.380 e. The lowest BCUT2D eigenvalue weighted by Gasteiger charge is -2.25. The number of ether oxygens (including phenoxy) is 1. The molecule has 5 heteroatoms. The second-order valence-electron chi connectivity index (χ2n) is 6.59. The standard InChI is InChI=1S/C18H25N3O2/c1-20(11-15-9-16(23-3)12-21(15)2)10-14-8-13-6-4-5-7-17(13)19-18(14)22/h4-8,15-16H,9-12H2,1-3H3,(H,19,22)/t15-,16-/m0/s1. The molecule has 0 aliphatic carbocycles. The molecule has 0 bridgehead atoms. The zero-order valence-electron chi connectivity index (χ0n) is 14.1. The average molecular weight is 315 g/mol. The van der Waals surface area contributed by atoms with E-state index in [1.54, 1.807) is 7.11 Å². The summed E-state index contributed by atoms with van der Waals surface area (Å²) in [6.45, 7) is 2.57. The van der Waals surface area contributed by atoms with Gasteiger partial charge in [0.25, 0.3) is 5.56 Å². The summed E-state index contributed by atoms with van der Waals surface area (Å²) in [5, 5.41) is 1.08. The molecule has 0 unspecified atom stereocenters. The zero-order valence-corrected chi connectivity index (χ0v) is 14.1. The number of H-pyrrole nitrogens is 1. The van der Waals surface area contributed by atoms with Gasteiger partial charge >= 0.3 is 0 Å². The number of hydrogen-bond donors (Lipinski definition) is 1. The minimum absolute atomic E-state index is 0.00472. The van der Waals surface area contributed by atoms with E-state index in [1.165, 1.54) is 0 Å². The first-order valence-electron chi connectivity index (χ1n) is 8.09. The maximum atomic E-state index is 12.3. The molecule has 3 rings (SSSR count). The largest absolute Gasteiger partial charge is 0.380 e. The molecule has 0 spiro atoms. The van der Waals surface area contributed by atoms with Gasteiger partial charge in [0.15, 0.2) is 0 Å². The van der Waals surface area contributed by atoms with Gasteiger partial charge in [0.2, 0.25) is 0 Å². The van der Waals surface area contributed by atoms with Crippen molar-refractivity contribution in [2.75, 3.05) is 34.3 Å². The van der Waals surface area contributed by atoms with E-state index in [0.717, 1.165) is 36.0 Å². The highest BCUT2D eigenvalue weighted by atomic mass is 16.5. The first-order chi connectivity index (χ1) is 11.1. The Morgan fingerprint density at radius 1 is 1.39 bits per heavy atom. The van der Waals surface area contributed by atoms with Crippen molar-refractivity contribution in [1.29, 1.82) is 0 Å². The SMILES string of the molecule is CO[C@H]1C[C@@H](CN(C)Cc2cc3ccccc3[nH]c2=O)N(C)C1. The third-order valence-electron chi connectivity index (χ3n) is 4.78. The van der Waals surface area contributed by atoms with E-state index < -0.39 is 0 Å². The van der Waals surface area contributed by atoms with Crippen LogP contribution in [-0.4, -0.2) is 61.2 Å². The van der Waals surface area contributed by atoms with Crippen molar-refractivity contribution in [3.63, 3.8) is 0 Å². The van der Waals surface area contributed by atoms with Gasteiger partial charge in [-0.2, -0.15) is 0 Å². The summed E-state index contributed by atoms with van der Waals surface area (Å²) < 4.78 is 5.46. The lowest BCUT2D eigenvalue weighted by molar-refractivity contribution is 0.111. The van der Waals surface area contributed by atoms with Gasteiger partial charge < -0.3 is 14.6 Å². The first-order valence-corrected chi connectivity index (χ1v) is 8.09. The van der Waals surface area contributed by atoms with E-state index in [0.29, 0.717) is 18.7 Å². The Balaban J connectivity index is 1.69. The molecule has 0 amide bonds. The Hall–Kier alpha value is -1.69. The predicted molar refractivity (Wildman–Crippen MR) is 92.7 cm³/mol. The number of benzene rings is 1. The lowest BCUT2D eigenvalue weighted by Crippen LogP contribution is -2.37. The molecule has 1 aliphatic heterocycles. The molecule has 1 aromatic carbocycles. The van der Waals surface area contributed by atoms with Gasteiger partial charge in [-0.05, 0) is 38.0 Å². The van der Waals surface area contributed by atoms with E-state index in [2.05, 4.69) is 28.9 Å². The van der Waals surface area contributed by atoms with E-state index >= 15 is 0 Å². The van der Waals surface area contributed by atoms with Crippen LogP contribution in [0.15, 0.2) is 35.1 Å². The Bertz CT molecular complexity index is 728. The number of aromatic amines is 1. The summed E-state index contributed by atoms with van der Waals surface area (Å²) in [6, 6.07) is 10.4. The van der Waals surface area contributed by atoms with Crippen molar-refractivity contribution in [2.24, 2.45) is 0 Å². The lowest BCUT2D eigenvalue weighted by atomic mass is 10.1. The summed E-state index contributed by atoms with van der Waals surface area (Å²) in [6.07, 6.45) is 1.37. The Morgan fingerprint density at radius 3 is 2.91 bits per heavy atom. The van der Waals surface area contributed by atoms with Crippen molar-refractivity contribution in [1.82, 2.24) is 14.8 Å². The van der Waals surface area contributed by atoms with E-state index in [-0.39, 0.29) is 5.56 Å². The summed E-state index contributed by atoms with van der Waals surface area (Å²) >= 11 is 0. The Labute approximate surface area is 136 Å². The number of fused-ring (bicyclic) bond motifs is 1. The molecule has 1 aliphatic rings. The average Bonchev–Trinajstić information content (AvgIpc) is 2.88. The van der Waals surface area contributed by atoms with Gasteiger partial charge in [0.1, 0.15) is 0 Å². The van der Waals surface area contributed by atoms with Crippen LogP contribution in [0, 0.1) is 0 Å². The van der Waals surface area contributed by atoms with Gasteiger partial charge in [-0.1, -0.05) is 18.2 Å². The van der Waals surface area contributed by atoms with E-state index in [1.807, 2.05) is 30.3 Å².